The van der Waals surface area contributed by atoms with Crippen LogP contribution < -0.4 is 4.90 Å². The number of anilines is 1. The van der Waals surface area contributed by atoms with Crippen molar-refractivity contribution >= 4 is 17.3 Å². The Kier molecular flexibility index (Phi) is 5.88. The topological polar surface area (TPSA) is 113 Å². The molecule has 0 heterocycles. The predicted molar refractivity (Wildman–Crippen MR) is 71.2 cm³/mol. The number of non-ortho nitro benzene ring substituents is 1. The van der Waals surface area contributed by atoms with Crippen molar-refractivity contribution in [3.8, 4) is 0 Å². The lowest BCUT2D eigenvalue weighted by atomic mass is 10.1. The molecule has 110 valence electrons. The van der Waals surface area contributed by atoms with Gasteiger partial charge in [0.25, 0.3) is 5.69 Å². The number of carbonyl (C=O) groups is 1. The summed E-state index contributed by atoms with van der Waals surface area (Å²) in [5.41, 5.74) is -0.0664. The minimum Gasteiger partial charge on any atom is -0.478 e. The number of ether oxygens (including phenoxy) is 1. The predicted octanol–water partition coefficient (Wildman–Crippen LogP) is 0.738. The number of aliphatic hydroxyl groups excluding tert-OH is 1. The van der Waals surface area contributed by atoms with E-state index in [1.54, 1.807) is 4.90 Å². The van der Waals surface area contributed by atoms with Gasteiger partial charge in [-0.05, 0) is 6.07 Å². The molecule has 0 bridgehead atoms. The van der Waals surface area contributed by atoms with Gasteiger partial charge in [0.1, 0.15) is 0 Å². The van der Waals surface area contributed by atoms with Gasteiger partial charge in [-0.2, -0.15) is 0 Å². The average Bonchev–Trinajstić information content (AvgIpc) is 2.42. The van der Waals surface area contributed by atoms with E-state index in [1.807, 2.05) is 0 Å². The van der Waals surface area contributed by atoms with Crippen LogP contribution in [-0.4, -0.2) is 54.5 Å². The molecular formula is C12H16N2O6. The van der Waals surface area contributed by atoms with Crippen LogP contribution in [0.1, 0.15) is 10.4 Å². The maximum absolute atomic E-state index is 11.2. The van der Waals surface area contributed by atoms with E-state index in [9.17, 15) is 14.9 Å². The quantitative estimate of drug-likeness (QED) is 0.534. The lowest BCUT2D eigenvalue weighted by molar-refractivity contribution is -0.384. The fraction of sp³-hybridized carbons (Fsp3) is 0.417. The molecule has 0 radical (unpaired) electrons. The van der Waals surface area contributed by atoms with Gasteiger partial charge in [0.15, 0.2) is 0 Å². The van der Waals surface area contributed by atoms with Crippen LogP contribution in [0.25, 0.3) is 0 Å². The van der Waals surface area contributed by atoms with Crippen LogP contribution in [0.2, 0.25) is 0 Å². The Morgan fingerprint density at radius 1 is 1.45 bits per heavy atom. The monoisotopic (exact) mass is 284 g/mol. The Labute approximate surface area is 115 Å². The van der Waals surface area contributed by atoms with Crippen molar-refractivity contribution in [2.24, 2.45) is 0 Å². The number of hydrogen-bond acceptors (Lipinski definition) is 6. The minimum atomic E-state index is -1.18. The van der Waals surface area contributed by atoms with E-state index in [2.05, 4.69) is 0 Å². The summed E-state index contributed by atoms with van der Waals surface area (Å²) in [7, 11) is 1.49. The molecule has 0 amide bonds. The third-order valence-corrected chi connectivity index (χ3v) is 2.70. The fourth-order valence-electron chi connectivity index (χ4n) is 1.75. The van der Waals surface area contributed by atoms with Gasteiger partial charge in [-0.1, -0.05) is 0 Å². The molecule has 0 aliphatic carbocycles. The standard InChI is InChI=1S/C12H16N2O6/c1-20-7-5-13(4-6-15)11-8-9(14(18)19)2-3-10(11)12(16)17/h2-3,8,15H,4-7H2,1H3,(H,16,17). The highest BCUT2D eigenvalue weighted by Gasteiger charge is 2.19. The zero-order valence-electron chi connectivity index (χ0n) is 11.0. The summed E-state index contributed by atoms with van der Waals surface area (Å²) in [5.74, 6) is -1.18. The van der Waals surface area contributed by atoms with E-state index >= 15 is 0 Å². The molecule has 8 nitrogen and oxygen atoms in total. The third kappa shape index (κ3) is 3.90. The zero-order chi connectivity index (χ0) is 15.1. The maximum Gasteiger partial charge on any atom is 0.337 e. The number of carboxylic acid groups (broad SMARTS) is 1. The Morgan fingerprint density at radius 3 is 2.65 bits per heavy atom. The number of nitro benzene ring substituents is 1. The lowest BCUT2D eigenvalue weighted by Gasteiger charge is -2.24. The normalized spacial score (nSPS) is 10.3. The molecule has 0 saturated heterocycles. The first-order valence-corrected chi connectivity index (χ1v) is 5.87. The molecule has 20 heavy (non-hydrogen) atoms. The van der Waals surface area contributed by atoms with Crippen LogP contribution in [0.4, 0.5) is 11.4 Å². The van der Waals surface area contributed by atoms with Gasteiger partial charge in [-0.25, -0.2) is 4.79 Å². The number of rotatable bonds is 8. The summed E-state index contributed by atoms with van der Waals surface area (Å²) in [6, 6.07) is 3.52. The summed E-state index contributed by atoms with van der Waals surface area (Å²) in [5, 5.41) is 29.0. The van der Waals surface area contributed by atoms with Crippen molar-refractivity contribution < 1.29 is 24.7 Å². The maximum atomic E-state index is 11.2. The van der Waals surface area contributed by atoms with E-state index in [-0.39, 0.29) is 30.1 Å². The van der Waals surface area contributed by atoms with Crippen LogP contribution in [0.5, 0.6) is 0 Å². The highest BCUT2D eigenvalue weighted by atomic mass is 16.6. The number of carboxylic acids is 1. The molecule has 0 aliphatic rings. The second-order valence-corrected chi connectivity index (χ2v) is 3.97. The Morgan fingerprint density at radius 2 is 2.15 bits per heavy atom. The van der Waals surface area contributed by atoms with E-state index in [0.717, 1.165) is 6.07 Å². The number of benzene rings is 1. The Balaban J connectivity index is 3.22. The molecule has 0 saturated carbocycles. The molecule has 0 aliphatic heterocycles. The molecular weight excluding hydrogens is 268 g/mol. The van der Waals surface area contributed by atoms with Gasteiger partial charge in [0.05, 0.1) is 29.4 Å². The first kappa shape index (κ1) is 15.9. The highest BCUT2D eigenvalue weighted by molar-refractivity contribution is 5.95. The van der Waals surface area contributed by atoms with Gasteiger partial charge in [-0.15, -0.1) is 0 Å². The van der Waals surface area contributed by atoms with Crippen LogP contribution in [0.15, 0.2) is 18.2 Å². The van der Waals surface area contributed by atoms with E-state index in [1.165, 1.54) is 19.2 Å². The zero-order valence-corrected chi connectivity index (χ0v) is 11.0. The second kappa shape index (κ2) is 7.41. The van der Waals surface area contributed by atoms with Crippen molar-refractivity contribution in [1.29, 1.82) is 0 Å². The van der Waals surface area contributed by atoms with E-state index in [4.69, 9.17) is 14.9 Å². The third-order valence-electron chi connectivity index (χ3n) is 2.70. The molecule has 0 atom stereocenters. The average molecular weight is 284 g/mol. The van der Waals surface area contributed by atoms with Gasteiger partial charge in [0.2, 0.25) is 0 Å². The van der Waals surface area contributed by atoms with Crippen molar-refractivity contribution in [2.45, 2.75) is 0 Å². The lowest BCUT2D eigenvalue weighted by Crippen LogP contribution is -2.31. The molecule has 0 spiro atoms. The molecule has 2 N–H and O–H groups in total. The number of aliphatic hydroxyl groups is 1. The largest absolute Gasteiger partial charge is 0.478 e. The van der Waals surface area contributed by atoms with Gasteiger partial charge in [-0.3, -0.25) is 10.1 Å². The molecule has 0 fully saturated rings. The van der Waals surface area contributed by atoms with E-state index in [0.29, 0.717) is 13.2 Å². The number of aromatic carboxylic acids is 1. The van der Waals surface area contributed by atoms with Crippen molar-refractivity contribution in [2.75, 3.05) is 38.3 Å². The number of nitrogens with zero attached hydrogens (tertiary/aromatic N) is 2. The van der Waals surface area contributed by atoms with Crippen LogP contribution >= 0.6 is 0 Å². The van der Waals surface area contributed by atoms with Gasteiger partial charge >= 0.3 is 5.97 Å². The number of methoxy groups -OCH3 is 1. The van der Waals surface area contributed by atoms with Crippen LogP contribution in [-0.2, 0) is 4.74 Å². The van der Waals surface area contributed by atoms with E-state index < -0.39 is 10.9 Å². The van der Waals surface area contributed by atoms with Crippen molar-refractivity contribution in [3.63, 3.8) is 0 Å². The smallest absolute Gasteiger partial charge is 0.337 e. The summed E-state index contributed by atoms with van der Waals surface area (Å²) in [4.78, 5) is 22.9. The summed E-state index contributed by atoms with van der Waals surface area (Å²) in [6.45, 7) is 0.580. The molecule has 0 unspecified atom stereocenters. The van der Waals surface area contributed by atoms with Crippen LogP contribution in [0.3, 0.4) is 0 Å². The fourth-order valence-corrected chi connectivity index (χ4v) is 1.75. The Bertz CT molecular complexity index is 491. The highest BCUT2D eigenvalue weighted by Crippen LogP contribution is 2.26. The van der Waals surface area contributed by atoms with Gasteiger partial charge in [0, 0.05) is 32.3 Å². The summed E-state index contributed by atoms with van der Waals surface area (Å²) >= 11 is 0. The molecule has 8 heteroatoms. The molecule has 1 rings (SSSR count). The molecule has 1 aromatic rings. The SMILES string of the molecule is COCCN(CCO)c1cc([N+](=O)[O-])ccc1C(=O)O. The molecule has 0 aromatic heterocycles. The minimum absolute atomic E-state index is 0.0554. The number of hydrogen-bond donors (Lipinski definition) is 2. The first-order valence-electron chi connectivity index (χ1n) is 5.87. The van der Waals surface area contributed by atoms with Gasteiger partial charge < -0.3 is 19.8 Å². The second-order valence-electron chi connectivity index (χ2n) is 3.97. The summed E-state index contributed by atoms with van der Waals surface area (Å²) in [6.07, 6.45) is 0. The summed E-state index contributed by atoms with van der Waals surface area (Å²) < 4.78 is 4.91. The van der Waals surface area contributed by atoms with Crippen molar-refractivity contribution in [1.82, 2.24) is 0 Å². The first-order chi connectivity index (χ1) is 9.51. The molecule has 1 aromatic carbocycles. The van der Waals surface area contributed by atoms with Crippen LogP contribution in [0, 0.1) is 10.1 Å². The van der Waals surface area contributed by atoms with Crippen molar-refractivity contribution in [3.05, 3.63) is 33.9 Å². The Hall–Kier alpha value is -2.19. The number of nitro groups is 1.